The summed E-state index contributed by atoms with van der Waals surface area (Å²) in [5.41, 5.74) is 1.69. The van der Waals surface area contributed by atoms with E-state index >= 15 is 0 Å². The second-order valence-electron chi connectivity index (χ2n) is 10.7. The number of nitrogens with zero attached hydrogens (tertiary/aromatic N) is 1. The molecule has 0 aliphatic heterocycles. The summed E-state index contributed by atoms with van der Waals surface area (Å²) in [4.78, 5) is 54.6. The third-order valence-corrected chi connectivity index (χ3v) is 8.23. The number of aliphatic hydroxyl groups is 3. The highest BCUT2D eigenvalue weighted by molar-refractivity contribution is 6.24. The summed E-state index contributed by atoms with van der Waals surface area (Å²) in [5, 5.41) is 47.7. The van der Waals surface area contributed by atoms with Gasteiger partial charge < -0.3 is 30.9 Å². The van der Waals surface area contributed by atoms with E-state index in [1.165, 1.54) is 25.1 Å². The van der Waals surface area contributed by atoms with Crippen molar-refractivity contribution in [2.24, 2.45) is 17.6 Å². The topological polar surface area (TPSA) is 200 Å². The van der Waals surface area contributed by atoms with Gasteiger partial charge in [0.05, 0.1) is 17.5 Å². The second-order valence-corrected chi connectivity index (χ2v) is 10.7. The number of amides is 2. The number of phenols is 1. The zero-order chi connectivity index (χ0) is 30.0. The molecule has 12 nitrogen and oxygen atoms in total. The number of fused-ring (bicyclic) bond motifs is 3. The molecule has 0 spiro atoms. The molecule has 0 radical (unpaired) electrons. The standard InChI is InChI=1S/C29H29N3O9/c1-12-14-10-7-11-15(33)17(14)22(34)18-16(12)24(41-28(39)31-13-8-5-4-6-9-13)20-21(32(2)3)23(35)19(27(30)38)26(37)29(20,40)25(18)36/h4-12,16,20-21,24,33-34,37,40H,1-3H3,(H2,30,38)(H,31,39). The number of rotatable bonds is 4. The number of phenolic OH excluding ortho intramolecular Hbond substituents is 1. The van der Waals surface area contributed by atoms with Gasteiger partial charge in [0.25, 0.3) is 5.91 Å². The lowest BCUT2D eigenvalue weighted by molar-refractivity contribution is -0.169. The molecule has 1 fully saturated rings. The van der Waals surface area contributed by atoms with Crippen molar-refractivity contribution in [1.82, 2.24) is 4.90 Å². The van der Waals surface area contributed by atoms with Gasteiger partial charge in [-0.3, -0.25) is 24.6 Å². The quantitative estimate of drug-likeness (QED) is 0.298. The van der Waals surface area contributed by atoms with Crippen LogP contribution in [-0.2, 0) is 19.1 Å². The molecule has 0 aromatic heterocycles. The van der Waals surface area contributed by atoms with E-state index in [9.17, 15) is 39.6 Å². The van der Waals surface area contributed by atoms with E-state index in [2.05, 4.69) is 5.32 Å². The number of carbonyl (C=O) groups excluding carboxylic acids is 4. The normalized spacial score (nSPS) is 29.0. The average molecular weight is 564 g/mol. The Bertz CT molecular complexity index is 1550. The molecule has 1 saturated carbocycles. The van der Waals surface area contributed by atoms with Gasteiger partial charge in [-0.25, -0.2) is 4.79 Å². The molecule has 0 saturated heterocycles. The lowest BCUT2D eigenvalue weighted by atomic mass is 9.54. The van der Waals surface area contributed by atoms with Crippen LogP contribution < -0.4 is 11.1 Å². The Hall–Kier alpha value is -4.68. The van der Waals surface area contributed by atoms with Gasteiger partial charge in [0.1, 0.15) is 28.9 Å². The van der Waals surface area contributed by atoms with Crippen molar-refractivity contribution in [1.29, 1.82) is 0 Å². The average Bonchev–Trinajstić information content (AvgIpc) is 2.90. The molecule has 2 amide bonds. The van der Waals surface area contributed by atoms with Gasteiger partial charge in [-0.1, -0.05) is 37.3 Å². The minimum atomic E-state index is -3.01. The lowest BCUT2D eigenvalue weighted by Gasteiger charge is -2.54. The number of para-hydroxylation sites is 1. The van der Waals surface area contributed by atoms with Crippen molar-refractivity contribution < 1.29 is 44.3 Å². The number of hydrogen-bond acceptors (Lipinski definition) is 10. The number of aromatic hydroxyl groups is 1. The first kappa shape index (κ1) is 27.9. The Balaban J connectivity index is 1.78. The maximum Gasteiger partial charge on any atom is 0.411 e. The molecular weight excluding hydrogens is 534 g/mol. The molecule has 12 heteroatoms. The SMILES string of the molecule is CC1c2cccc(O)c2C(O)=C2C(=O)C3(O)C(O)=C(C(N)=O)C(=O)C(N(C)C)C3C(OC(=O)Nc3ccccc3)C21. The number of aliphatic hydroxyl groups excluding tert-OH is 2. The molecule has 41 heavy (non-hydrogen) atoms. The van der Waals surface area contributed by atoms with Crippen LogP contribution in [0.3, 0.4) is 0 Å². The minimum Gasteiger partial charge on any atom is -0.508 e. The molecule has 0 bridgehead atoms. The molecule has 214 valence electrons. The van der Waals surface area contributed by atoms with Crippen LogP contribution in [0, 0.1) is 11.8 Å². The Labute approximate surface area is 234 Å². The smallest absolute Gasteiger partial charge is 0.411 e. The first-order valence-electron chi connectivity index (χ1n) is 12.8. The van der Waals surface area contributed by atoms with Gasteiger partial charge in [-0.2, -0.15) is 0 Å². The fourth-order valence-corrected chi connectivity index (χ4v) is 6.48. The van der Waals surface area contributed by atoms with Gasteiger partial charge >= 0.3 is 6.09 Å². The highest BCUT2D eigenvalue weighted by Gasteiger charge is 2.69. The number of Topliss-reactive ketones (excluding diaryl/α,β-unsaturated/α-hetero) is 2. The first-order valence-corrected chi connectivity index (χ1v) is 12.8. The summed E-state index contributed by atoms with van der Waals surface area (Å²) in [7, 11) is 2.91. The van der Waals surface area contributed by atoms with Gasteiger partial charge in [0, 0.05) is 17.2 Å². The molecule has 3 aliphatic rings. The molecule has 6 unspecified atom stereocenters. The summed E-state index contributed by atoms with van der Waals surface area (Å²) in [6.07, 6.45) is -2.52. The highest BCUT2D eigenvalue weighted by atomic mass is 16.6. The number of nitrogens with two attached hydrogens (primary N) is 1. The van der Waals surface area contributed by atoms with Crippen LogP contribution in [-0.4, -0.2) is 80.7 Å². The van der Waals surface area contributed by atoms with E-state index in [0.29, 0.717) is 11.3 Å². The van der Waals surface area contributed by atoms with Crippen LogP contribution in [0.4, 0.5) is 10.5 Å². The number of primary amides is 1. The summed E-state index contributed by atoms with van der Waals surface area (Å²) >= 11 is 0. The number of likely N-dealkylation sites (N-methyl/N-ethyl adjacent to an activating group) is 1. The van der Waals surface area contributed by atoms with Crippen LogP contribution in [0.5, 0.6) is 5.75 Å². The molecular formula is C29H29N3O9. The predicted octanol–water partition coefficient (Wildman–Crippen LogP) is 1.75. The summed E-state index contributed by atoms with van der Waals surface area (Å²) < 4.78 is 5.89. The van der Waals surface area contributed by atoms with Crippen LogP contribution in [0.25, 0.3) is 5.76 Å². The van der Waals surface area contributed by atoms with Gasteiger partial charge in [-0.05, 0) is 43.8 Å². The molecule has 3 aliphatic carbocycles. The van der Waals surface area contributed by atoms with E-state index in [1.54, 1.807) is 49.4 Å². The molecule has 5 rings (SSSR count). The van der Waals surface area contributed by atoms with Crippen LogP contribution in [0.15, 0.2) is 65.4 Å². The zero-order valence-corrected chi connectivity index (χ0v) is 22.4. The molecule has 0 heterocycles. The van der Waals surface area contributed by atoms with E-state index < -0.39 is 81.7 Å². The third-order valence-electron chi connectivity index (χ3n) is 8.23. The number of ketones is 2. The highest BCUT2D eigenvalue weighted by Crippen LogP contribution is 2.56. The van der Waals surface area contributed by atoms with Crippen molar-refractivity contribution in [2.75, 3.05) is 19.4 Å². The largest absolute Gasteiger partial charge is 0.508 e. The van der Waals surface area contributed by atoms with E-state index in [1.807, 2.05) is 0 Å². The van der Waals surface area contributed by atoms with E-state index in [4.69, 9.17) is 10.5 Å². The van der Waals surface area contributed by atoms with Crippen molar-refractivity contribution >= 4 is 35.0 Å². The van der Waals surface area contributed by atoms with Crippen LogP contribution in [0.1, 0.15) is 24.0 Å². The number of ether oxygens (including phenoxy) is 1. The fraction of sp³-hybridized carbons (Fsp3) is 0.310. The molecule has 7 N–H and O–H groups in total. The van der Waals surface area contributed by atoms with E-state index in [-0.39, 0.29) is 11.3 Å². The second kappa shape index (κ2) is 9.75. The Kier molecular flexibility index (Phi) is 6.63. The van der Waals surface area contributed by atoms with Crippen molar-refractivity contribution in [3.63, 3.8) is 0 Å². The number of benzene rings is 2. The molecule has 2 aromatic rings. The molecule has 6 atom stereocenters. The lowest BCUT2D eigenvalue weighted by Crippen LogP contribution is -2.71. The number of nitrogens with one attached hydrogen (secondary N) is 1. The van der Waals surface area contributed by atoms with Gasteiger partial charge in [0.15, 0.2) is 11.4 Å². The summed E-state index contributed by atoms with van der Waals surface area (Å²) in [5.74, 6) is -9.38. The zero-order valence-electron chi connectivity index (χ0n) is 22.4. The fourth-order valence-electron chi connectivity index (χ4n) is 6.48. The summed E-state index contributed by atoms with van der Waals surface area (Å²) in [6.45, 7) is 1.68. The number of hydrogen-bond donors (Lipinski definition) is 6. The number of carbonyl (C=O) groups is 4. The van der Waals surface area contributed by atoms with Crippen molar-refractivity contribution in [2.45, 2.75) is 30.6 Å². The maximum absolute atomic E-state index is 14.2. The first-order chi connectivity index (χ1) is 19.3. The van der Waals surface area contributed by atoms with E-state index in [0.717, 1.165) is 0 Å². The van der Waals surface area contributed by atoms with Crippen molar-refractivity contribution in [3.05, 3.63) is 76.6 Å². The minimum absolute atomic E-state index is 0.0659. The van der Waals surface area contributed by atoms with Crippen molar-refractivity contribution in [3.8, 4) is 5.75 Å². The van der Waals surface area contributed by atoms with Gasteiger partial charge in [0.2, 0.25) is 5.78 Å². The Morgan fingerprint density at radius 2 is 1.68 bits per heavy atom. The predicted molar refractivity (Wildman–Crippen MR) is 145 cm³/mol. The Morgan fingerprint density at radius 1 is 1.02 bits per heavy atom. The monoisotopic (exact) mass is 563 g/mol. The molecule has 2 aromatic carbocycles. The van der Waals surface area contributed by atoms with Crippen LogP contribution >= 0.6 is 0 Å². The summed E-state index contributed by atoms with van der Waals surface area (Å²) in [6, 6.07) is 11.3. The Morgan fingerprint density at radius 3 is 2.29 bits per heavy atom. The maximum atomic E-state index is 14.2. The number of anilines is 1. The van der Waals surface area contributed by atoms with Crippen LogP contribution in [0.2, 0.25) is 0 Å². The van der Waals surface area contributed by atoms with Gasteiger partial charge in [-0.15, -0.1) is 0 Å². The third kappa shape index (κ3) is 3.98.